The average molecular weight is 293 g/mol. The van der Waals surface area contributed by atoms with E-state index in [2.05, 4.69) is 5.10 Å². The number of benzene rings is 1. The second-order valence-corrected chi connectivity index (χ2v) is 4.75. The third kappa shape index (κ3) is 2.14. The first-order valence-electron chi connectivity index (χ1n) is 6.36. The monoisotopic (exact) mass is 292 g/mol. The summed E-state index contributed by atoms with van der Waals surface area (Å²) in [5.41, 5.74) is 0.900. The van der Waals surface area contributed by atoms with Gasteiger partial charge in [-0.25, -0.2) is 0 Å². The van der Waals surface area contributed by atoms with Crippen molar-refractivity contribution in [3.8, 4) is 11.5 Å². The number of halogens is 1. The van der Waals surface area contributed by atoms with Gasteiger partial charge in [-0.15, -0.1) is 0 Å². The molecular formula is C14H13ClN2O3. The zero-order valence-corrected chi connectivity index (χ0v) is 11.7. The van der Waals surface area contributed by atoms with Gasteiger partial charge in [0.2, 0.25) is 5.78 Å². The Morgan fingerprint density at radius 3 is 2.85 bits per heavy atom. The molecule has 0 saturated carbocycles. The highest BCUT2D eigenvalue weighted by Gasteiger charge is 2.21. The van der Waals surface area contributed by atoms with Crippen LogP contribution in [0.3, 0.4) is 0 Å². The number of carbonyl (C=O) groups excluding carboxylic acids is 1. The first-order chi connectivity index (χ1) is 9.70. The predicted octanol–water partition coefficient (Wildman–Crippen LogP) is 2.56. The van der Waals surface area contributed by atoms with Crippen LogP contribution in [0.1, 0.15) is 23.0 Å². The lowest BCUT2D eigenvalue weighted by Gasteiger charge is -2.18. The zero-order chi connectivity index (χ0) is 14.1. The van der Waals surface area contributed by atoms with E-state index in [1.807, 2.05) is 6.92 Å². The number of hydrogen-bond donors (Lipinski definition) is 0. The van der Waals surface area contributed by atoms with E-state index in [1.165, 1.54) is 6.20 Å². The molecule has 0 atom stereocenters. The molecule has 0 bridgehead atoms. The first kappa shape index (κ1) is 13.0. The second-order valence-electron chi connectivity index (χ2n) is 4.34. The number of fused-ring (bicyclic) bond motifs is 1. The largest absolute Gasteiger partial charge is 0.486 e. The smallest absolute Gasteiger partial charge is 0.212 e. The lowest BCUT2D eigenvalue weighted by Crippen LogP contribution is -2.16. The second kappa shape index (κ2) is 5.17. The summed E-state index contributed by atoms with van der Waals surface area (Å²) < 4.78 is 12.5. The van der Waals surface area contributed by atoms with Gasteiger partial charge >= 0.3 is 0 Å². The molecular weight excluding hydrogens is 280 g/mol. The highest BCUT2D eigenvalue weighted by atomic mass is 35.5. The number of nitrogens with zero attached hydrogens (tertiary/aromatic N) is 2. The summed E-state index contributed by atoms with van der Waals surface area (Å²) in [6.07, 6.45) is 1.48. The summed E-state index contributed by atoms with van der Waals surface area (Å²) in [6.45, 7) is 3.50. The van der Waals surface area contributed by atoms with Crippen LogP contribution >= 0.6 is 11.6 Å². The minimum atomic E-state index is -0.175. The molecule has 5 nitrogen and oxygen atoms in total. The van der Waals surface area contributed by atoms with E-state index in [0.29, 0.717) is 47.5 Å². The van der Waals surface area contributed by atoms with Crippen molar-refractivity contribution in [3.05, 3.63) is 40.7 Å². The van der Waals surface area contributed by atoms with Crippen LogP contribution in [0, 0.1) is 0 Å². The molecule has 0 spiro atoms. The Morgan fingerprint density at radius 1 is 1.35 bits per heavy atom. The topological polar surface area (TPSA) is 53.4 Å². The quantitative estimate of drug-likeness (QED) is 0.816. The number of ether oxygens (including phenoxy) is 2. The normalized spacial score (nSPS) is 13.3. The summed E-state index contributed by atoms with van der Waals surface area (Å²) in [7, 11) is 0. The molecule has 0 saturated heterocycles. The van der Waals surface area contributed by atoms with Crippen LogP contribution in [-0.2, 0) is 6.54 Å². The van der Waals surface area contributed by atoms with Crippen LogP contribution in [0.5, 0.6) is 11.5 Å². The molecule has 1 aromatic carbocycles. The van der Waals surface area contributed by atoms with E-state index in [1.54, 1.807) is 22.9 Å². The van der Waals surface area contributed by atoms with Gasteiger partial charge in [-0.3, -0.25) is 9.48 Å². The Bertz CT molecular complexity index is 666. The molecule has 0 aliphatic carbocycles. The highest BCUT2D eigenvalue weighted by molar-refractivity contribution is 6.34. The minimum Gasteiger partial charge on any atom is -0.486 e. The molecule has 2 heterocycles. The van der Waals surface area contributed by atoms with E-state index in [9.17, 15) is 4.79 Å². The number of aryl methyl sites for hydroxylation is 1. The third-order valence-corrected chi connectivity index (χ3v) is 3.39. The van der Waals surface area contributed by atoms with Crippen molar-refractivity contribution in [2.45, 2.75) is 13.5 Å². The maximum Gasteiger partial charge on any atom is 0.212 e. The van der Waals surface area contributed by atoms with Crippen LogP contribution < -0.4 is 9.47 Å². The lowest BCUT2D eigenvalue weighted by molar-refractivity contribution is 0.102. The van der Waals surface area contributed by atoms with Gasteiger partial charge in [-0.2, -0.15) is 5.10 Å². The molecule has 0 fully saturated rings. The Kier molecular flexibility index (Phi) is 3.36. The van der Waals surface area contributed by atoms with Gasteiger partial charge in [0.15, 0.2) is 11.5 Å². The molecule has 1 aromatic heterocycles. The fourth-order valence-electron chi connectivity index (χ4n) is 2.15. The van der Waals surface area contributed by atoms with Crippen LogP contribution in [0.4, 0.5) is 0 Å². The van der Waals surface area contributed by atoms with Crippen molar-refractivity contribution in [1.82, 2.24) is 9.78 Å². The van der Waals surface area contributed by atoms with Gasteiger partial charge in [0.1, 0.15) is 18.9 Å². The molecule has 0 amide bonds. The maximum atomic E-state index is 12.6. The summed E-state index contributed by atoms with van der Waals surface area (Å²) in [4.78, 5) is 12.6. The van der Waals surface area contributed by atoms with E-state index in [4.69, 9.17) is 21.1 Å². The molecule has 3 rings (SSSR count). The van der Waals surface area contributed by atoms with Crippen molar-refractivity contribution in [2.24, 2.45) is 0 Å². The number of rotatable bonds is 3. The molecule has 1 aliphatic heterocycles. The zero-order valence-electron chi connectivity index (χ0n) is 10.9. The fourth-order valence-corrected chi connectivity index (χ4v) is 2.38. The number of hydrogen-bond acceptors (Lipinski definition) is 4. The highest BCUT2D eigenvalue weighted by Crippen LogP contribution is 2.32. The summed E-state index contributed by atoms with van der Waals surface area (Å²) in [6, 6.07) is 5.13. The molecule has 2 aromatic rings. The molecule has 0 unspecified atom stereocenters. The molecule has 0 radical (unpaired) electrons. The van der Waals surface area contributed by atoms with Crippen molar-refractivity contribution in [3.63, 3.8) is 0 Å². The number of carbonyl (C=O) groups is 1. The summed E-state index contributed by atoms with van der Waals surface area (Å²) in [5, 5.41) is 4.43. The Labute approximate surface area is 121 Å². The fraction of sp³-hybridized carbons (Fsp3) is 0.286. The number of ketones is 1. The Hall–Kier alpha value is -2.01. The van der Waals surface area contributed by atoms with Gasteiger partial charge in [0, 0.05) is 12.1 Å². The van der Waals surface area contributed by atoms with E-state index in [-0.39, 0.29) is 5.78 Å². The van der Waals surface area contributed by atoms with Gasteiger partial charge in [0.25, 0.3) is 0 Å². The minimum absolute atomic E-state index is 0.175. The summed E-state index contributed by atoms with van der Waals surface area (Å²) >= 11 is 6.05. The molecule has 104 valence electrons. The van der Waals surface area contributed by atoms with Crippen LogP contribution in [0.25, 0.3) is 0 Å². The molecule has 0 N–H and O–H groups in total. The van der Waals surface area contributed by atoms with Crippen molar-refractivity contribution in [2.75, 3.05) is 13.2 Å². The van der Waals surface area contributed by atoms with E-state index in [0.717, 1.165) is 0 Å². The predicted molar refractivity (Wildman–Crippen MR) is 73.8 cm³/mol. The lowest BCUT2D eigenvalue weighted by atomic mass is 10.1. The standard InChI is InChI=1S/C14H13ClN2O3/c1-2-17-13(10(15)8-16-17)14(18)9-3-4-11-12(7-9)20-6-5-19-11/h3-4,7-8H,2,5-6H2,1H3. The van der Waals surface area contributed by atoms with Crippen molar-refractivity contribution >= 4 is 17.4 Å². The van der Waals surface area contributed by atoms with Crippen molar-refractivity contribution < 1.29 is 14.3 Å². The maximum absolute atomic E-state index is 12.6. The average Bonchev–Trinajstić information content (AvgIpc) is 2.87. The molecule has 1 aliphatic rings. The van der Waals surface area contributed by atoms with E-state index >= 15 is 0 Å². The first-order valence-corrected chi connectivity index (χ1v) is 6.74. The molecule has 6 heteroatoms. The molecule has 20 heavy (non-hydrogen) atoms. The van der Waals surface area contributed by atoms with Crippen LogP contribution in [-0.4, -0.2) is 28.8 Å². The number of aromatic nitrogens is 2. The van der Waals surface area contributed by atoms with Gasteiger partial charge < -0.3 is 9.47 Å². The van der Waals surface area contributed by atoms with Gasteiger partial charge in [0.05, 0.1) is 11.2 Å². The Balaban J connectivity index is 2.00. The van der Waals surface area contributed by atoms with Crippen molar-refractivity contribution in [1.29, 1.82) is 0 Å². The van der Waals surface area contributed by atoms with Gasteiger partial charge in [-0.1, -0.05) is 11.6 Å². The third-order valence-electron chi connectivity index (χ3n) is 3.11. The van der Waals surface area contributed by atoms with Crippen LogP contribution in [0.15, 0.2) is 24.4 Å². The summed E-state index contributed by atoms with van der Waals surface area (Å²) in [5.74, 6) is 1.06. The SMILES string of the molecule is CCn1ncc(Cl)c1C(=O)c1ccc2c(c1)OCCO2. The van der Waals surface area contributed by atoms with Gasteiger partial charge in [-0.05, 0) is 25.1 Å². The van der Waals surface area contributed by atoms with Crippen LogP contribution in [0.2, 0.25) is 5.02 Å². The Morgan fingerprint density at radius 2 is 2.10 bits per heavy atom. The van der Waals surface area contributed by atoms with E-state index < -0.39 is 0 Å².